The Kier molecular flexibility index (Phi) is 3.27. The lowest BCUT2D eigenvalue weighted by Crippen LogP contribution is -2.62. The predicted molar refractivity (Wildman–Crippen MR) is 66.2 cm³/mol. The fourth-order valence-electron chi connectivity index (χ4n) is 1.91. The summed E-state index contributed by atoms with van der Waals surface area (Å²) in [6.45, 7) is 2.47. The van der Waals surface area contributed by atoms with Gasteiger partial charge in [-0.05, 0) is 26.0 Å². The van der Waals surface area contributed by atoms with Crippen molar-refractivity contribution in [2.45, 2.75) is 20.0 Å². The summed E-state index contributed by atoms with van der Waals surface area (Å²) in [7, 11) is 0. The van der Waals surface area contributed by atoms with E-state index in [0.29, 0.717) is 4.90 Å². The Morgan fingerprint density at radius 2 is 1.67 bits per heavy atom. The van der Waals surface area contributed by atoms with Crippen molar-refractivity contribution in [3.05, 3.63) is 29.8 Å². The van der Waals surface area contributed by atoms with Crippen LogP contribution in [0, 0.1) is 5.41 Å². The van der Waals surface area contributed by atoms with Crippen molar-refractivity contribution in [2.24, 2.45) is 5.41 Å². The second kappa shape index (κ2) is 4.57. The maximum absolute atomic E-state index is 13.0. The Bertz CT molecular complexity index is 638. The largest absolute Gasteiger partial charge is 0.418 e. The predicted octanol–water partition coefficient (Wildman–Crippen LogP) is 2.31. The number of nitrogens with one attached hydrogen (secondary N) is 1. The van der Waals surface area contributed by atoms with Gasteiger partial charge in [0.05, 0.1) is 11.3 Å². The van der Waals surface area contributed by atoms with E-state index in [1.165, 1.54) is 19.9 Å². The number of barbiturate groups is 1. The van der Waals surface area contributed by atoms with E-state index in [4.69, 9.17) is 0 Å². The minimum atomic E-state index is -4.73. The Morgan fingerprint density at radius 1 is 1.10 bits per heavy atom. The van der Waals surface area contributed by atoms with E-state index in [1.54, 1.807) is 0 Å². The van der Waals surface area contributed by atoms with Gasteiger partial charge in [0.15, 0.2) is 0 Å². The average Bonchev–Trinajstić information content (AvgIpc) is 2.36. The molecule has 1 aromatic rings. The van der Waals surface area contributed by atoms with Crippen LogP contribution in [0.2, 0.25) is 0 Å². The third-order valence-electron chi connectivity index (χ3n) is 3.18. The van der Waals surface area contributed by atoms with E-state index < -0.39 is 40.7 Å². The summed E-state index contributed by atoms with van der Waals surface area (Å²) in [4.78, 5) is 36.0. The van der Waals surface area contributed by atoms with Crippen molar-refractivity contribution in [1.29, 1.82) is 0 Å². The highest BCUT2D eigenvalue weighted by atomic mass is 19.4. The molecule has 0 bridgehead atoms. The second-order valence-electron chi connectivity index (χ2n) is 5.04. The molecule has 1 fully saturated rings. The topological polar surface area (TPSA) is 66.5 Å². The highest BCUT2D eigenvalue weighted by Gasteiger charge is 2.49. The van der Waals surface area contributed by atoms with Crippen molar-refractivity contribution in [3.63, 3.8) is 0 Å². The average molecular weight is 300 g/mol. The van der Waals surface area contributed by atoms with Crippen LogP contribution < -0.4 is 10.2 Å². The molecule has 1 heterocycles. The van der Waals surface area contributed by atoms with Crippen LogP contribution >= 0.6 is 0 Å². The quantitative estimate of drug-likeness (QED) is 0.809. The summed E-state index contributed by atoms with van der Waals surface area (Å²) < 4.78 is 39.0. The number of urea groups is 1. The van der Waals surface area contributed by atoms with Crippen molar-refractivity contribution < 1.29 is 27.6 Å². The zero-order chi connectivity index (χ0) is 16.0. The fourth-order valence-corrected chi connectivity index (χ4v) is 1.91. The molecule has 0 radical (unpaired) electrons. The van der Waals surface area contributed by atoms with Crippen LogP contribution in [0.4, 0.5) is 23.7 Å². The van der Waals surface area contributed by atoms with E-state index in [2.05, 4.69) is 0 Å². The monoisotopic (exact) mass is 300 g/mol. The van der Waals surface area contributed by atoms with Crippen LogP contribution in [0.25, 0.3) is 0 Å². The highest BCUT2D eigenvalue weighted by Crippen LogP contribution is 2.38. The van der Waals surface area contributed by atoms with Gasteiger partial charge in [0, 0.05) is 0 Å². The number of halogens is 3. The molecule has 0 spiro atoms. The number of para-hydroxylation sites is 1. The van der Waals surface area contributed by atoms with Crippen molar-refractivity contribution in [2.75, 3.05) is 4.90 Å². The van der Waals surface area contributed by atoms with Gasteiger partial charge in [-0.25, -0.2) is 9.69 Å². The molecule has 1 aliphatic rings. The molecule has 1 saturated heterocycles. The zero-order valence-electron chi connectivity index (χ0n) is 11.1. The lowest BCUT2D eigenvalue weighted by Gasteiger charge is -2.35. The zero-order valence-corrected chi connectivity index (χ0v) is 11.1. The number of alkyl halides is 3. The minimum absolute atomic E-state index is 0.351. The van der Waals surface area contributed by atoms with E-state index in [9.17, 15) is 27.6 Å². The Labute approximate surface area is 117 Å². The number of carbonyl (C=O) groups is 3. The number of nitrogens with zero attached hydrogens (tertiary/aromatic N) is 1. The van der Waals surface area contributed by atoms with Crippen molar-refractivity contribution in [1.82, 2.24) is 5.32 Å². The number of hydrogen-bond donors (Lipinski definition) is 1. The maximum atomic E-state index is 13.0. The van der Waals surface area contributed by atoms with Crippen LogP contribution in [0.1, 0.15) is 19.4 Å². The molecule has 1 N–H and O–H groups in total. The molecule has 4 amide bonds. The standard InChI is InChI=1S/C13H11F3N2O3/c1-12(2)9(19)17-11(21)18(10(12)20)8-6-4-3-5-7(8)13(14,15)16/h3-6H,1-2H3,(H,17,19,21). The normalized spacial score (nSPS) is 18.7. The first-order valence-electron chi connectivity index (χ1n) is 5.93. The van der Waals surface area contributed by atoms with Crippen molar-refractivity contribution >= 4 is 23.5 Å². The molecule has 0 saturated carbocycles. The van der Waals surface area contributed by atoms with Crippen LogP contribution in [0.3, 0.4) is 0 Å². The third-order valence-corrected chi connectivity index (χ3v) is 3.18. The first kappa shape index (κ1) is 15.0. The lowest BCUT2D eigenvalue weighted by atomic mass is 9.88. The molecule has 1 aromatic carbocycles. The Balaban J connectivity index is 2.59. The van der Waals surface area contributed by atoms with Gasteiger partial charge >= 0.3 is 12.2 Å². The van der Waals surface area contributed by atoms with E-state index >= 15 is 0 Å². The van der Waals surface area contributed by atoms with Gasteiger partial charge in [0.2, 0.25) is 11.8 Å². The molecule has 112 valence electrons. The van der Waals surface area contributed by atoms with E-state index in [1.807, 2.05) is 5.32 Å². The molecule has 0 atom stereocenters. The van der Waals surface area contributed by atoms with Gasteiger partial charge in [0.1, 0.15) is 5.41 Å². The molecule has 8 heteroatoms. The molecule has 0 aromatic heterocycles. The first-order chi connectivity index (χ1) is 9.56. The Hall–Kier alpha value is -2.38. The first-order valence-corrected chi connectivity index (χ1v) is 5.93. The van der Waals surface area contributed by atoms with Crippen LogP contribution in [0.15, 0.2) is 24.3 Å². The van der Waals surface area contributed by atoms with E-state index in [-0.39, 0.29) is 0 Å². The number of rotatable bonds is 1. The number of imide groups is 2. The van der Waals surface area contributed by atoms with Gasteiger partial charge in [-0.3, -0.25) is 14.9 Å². The van der Waals surface area contributed by atoms with Gasteiger partial charge < -0.3 is 0 Å². The van der Waals surface area contributed by atoms with Crippen LogP contribution in [-0.2, 0) is 15.8 Å². The second-order valence-corrected chi connectivity index (χ2v) is 5.04. The highest BCUT2D eigenvalue weighted by molar-refractivity contribution is 6.29. The molecular weight excluding hydrogens is 289 g/mol. The summed E-state index contributed by atoms with van der Waals surface area (Å²) in [5, 5.41) is 1.89. The number of anilines is 1. The summed E-state index contributed by atoms with van der Waals surface area (Å²) in [6, 6.07) is 3.00. The number of benzene rings is 1. The van der Waals surface area contributed by atoms with Gasteiger partial charge in [-0.2, -0.15) is 13.2 Å². The van der Waals surface area contributed by atoms with E-state index in [0.717, 1.165) is 18.2 Å². The summed E-state index contributed by atoms with van der Waals surface area (Å²) >= 11 is 0. The molecule has 1 aliphatic heterocycles. The third kappa shape index (κ3) is 2.37. The fraction of sp³-hybridized carbons (Fsp3) is 0.308. The Morgan fingerprint density at radius 3 is 2.24 bits per heavy atom. The number of amides is 4. The van der Waals surface area contributed by atoms with Gasteiger partial charge in [-0.15, -0.1) is 0 Å². The SMILES string of the molecule is CC1(C)C(=O)NC(=O)N(c2ccccc2C(F)(F)F)C1=O. The molecular formula is C13H11F3N2O3. The summed E-state index contributed by atoms with van der Waals surface area (Å²) in [6.07, 6.45) is -4.73. The maximum Gasteiger partial charge on any atom is 0.418 e. The minimum Gasteiger partial charge on any atom is -0.276 e. The van der Waals surface area contributed by atoms with Crippen molar-refractivity contribution in [3.8, 4) is 0 Å². The smallest absolute Gasteiger partial charge is 0.276 e. The molecule has 0 unspecified atom stereocenters. The number of hydrogen-bond acceptors (Lipinski definition) is 3. The molecule has 0 aliphatic carbocycles. The number of carbonyl (C=O) groups excluding carboxylic acids is 3. The summed E-state index contributed by atoms with van der Waals surface area (Å²) in [5.74, 6) is -1.86. The van der Waals surface area contributed by atoms with Gasteiger partial charge in [-0.1, -0.05) is 12.1 Å². The van der Waals surface area contributed by atoms with Crippen LogP contribution in [0.5, 0.6) is 0 Å². The van der Waals surface area contributed by atoms with Crippen LogP contribution in [-0.4, -0.2) is 17.8 Å². The lowest BCUT2D eigenvalue weighted by molar-refractivity contribution is -0.140. The molecule has 5 nitrogen and oxygen atoms in total. The van der Waals surface area contributed by atoms with Gasteiger partial charge in [0.25, 0.3) is 0 Å². The molecule has 2 rings (SSSR count). The summed E-state index contributed by atoms with van der Waals surface area (Å²) in [5.41, 5.74) is -3.36. The molecule has 21 heavy (non-hydrogen) atoms.